The van der Waals surface area contributed by atoms with Crippen LogP contribution in [0.3, 0.4) is 0 Å². The molecule has 0 amide bonds. The van der Waals surface area contributed by atoms with E-state index in [1.165, 1.54) is 9.95 Å². The van der Waals surface area contributed by atoms with E-state index in [-0.39, 0.29) is 23.8 Å². The van der Waals surface area contributed by atoms with E-state index in [4.69, 9.17) is 9.84 Å². The lowest BCUT2D eigenvalue weighted by Gasteiger charge is -2.05. The Morgan fingerprint density at radius 3 is 3.00 bits per heavy atom. The summed E-state index contributed by atoms with van der Waals surface area (Å²) in [5.41, 5.74) is 0.264. The summed E-state index contributed by atoms with van der Waals surface area (Å²) in [6, 6.07) is 0. The number of esters is 1. The van der Waals surface area contributed by atoms with Crippen molar-refractivity contribution in [3.05, 3.63) is 20.7 Å². The van der Waals surface area contributed by atoms with Gasteiger partial charge in [0, 0.05) is 18.5 Å². The van der Waals surface area contributed by atoms with Crippen molar-refractivity contribution in [1.82, 2.24) is 4.57 Å². The SMILES string of the molecule is CCOC(=O)c1csc(=O)n1CCCO. The van der Waals surface area contributed by atoms with Crippen molar-refractivity contribution in [1.29, 1.82) is 0 Å². The maximum Gasteiger partial charge on any atom is 0.355 e. The van der Waals surface area contributed by atoms with Crippen LogP contribution in [0.15, 0.2) is 10.2 Å². The minimum Gasteiger partial charge on any atom is -0.461 e. The molecule has 0 aliphatic carbocycles. The van der Waals surface area contributed by atoms with Crippen LogP contribution in [-0.4, -0.2) is 28.9 Å². The summed E-state index contributed by atoms with van der Waals surface area (Å²) in [5, 5.41) is 10.1. The van der Waals surface area contributed by atoms with Gasteiger partial charge in [-0.2, -0.15) is 0 Å². The highest BCUT2D eigenvalue weighted by Gasteiger charge is 2.14. The summed E-state index contributed by atoms with van der Waals surface area (Å²) < 4.78 is 6.14. The van der Waals surface area contributed by atoms with Gasteiger partial charge in [-0.25, -0.2) is 4.79 Å². The molecule has 5 nitrogen and oxygen atoms in total. The Hall–Kier alpha value is -1.14. The molecule has 15 heavy (non-hydrogen) atoms. The number of aliphatic hydroxyl groups excluding tert-OH is 1. The van der Waals surface area contributed by atoms with Crippen LogP contribution in [-0.2, 0) is 11.3 Å². The average Bonchev–Trinajstić information content (AvgIpc) is 2.57. The molecule has 0 atom stereocenters. The lowest BCUT2D eigenvalue weighted by molar-refractivity contribution is 0.0512. The minimum absolute atomic E-state index is 0.00937. The number of aromatic nitrogens is 1. The highest BCUT2D eigenvalue weighted by molar-refractivity contribution is 7.07. The number of ether oxygens (including phenoxy) is 1. The molecular formula is C9H13NO4S. The number of rotatable bonds is 5. The first-order valence-corrected chi connectivity index (χ1v) is 5.55. The second kappa shape index (κ2) is 5.67. The molecule has 1 N–H and O–H groups in total. The monoisotopic (exact) mass is 231 g/mol. The Kier molecular flexibility index (Phi) is 4.51. The molecule has 0 bridgehead atoms. The van der Waals surface area contributed by atoms with E-state index in [2.05, 4.69) is 0 Å². The van der Waals surface area contributed by atoms with Gasteiger partial charge in [-0.3, -0.25) is 9.36 Å². The molecule has 0 aromatic carbocycles. The van der Waals surface area contributed by atoms with Crippen molar-refractivity contribution in [2.24, 2.45) is 0 Å². The fourth-order valence-electron chi connectivity index (χ4n) is 1.14. The number of hydrogen-bond donors (Lipinski definition) is 1. The summed E-state index contributed by atoms with van der Waals surface area (Å²) in [4.78, 5) is 22.5. The highest BCUT2D eigenvalue weighted by Crippen LogP contribution is 2.05. The maximum absolute atomic E-state index is 11.4. The smallest absolute Gasteiger partial charge is 0.355 e. The van der Waals surface area contributed by atoms with E-state index in [9.17, 15) is 9.59 Å². The molecule has 1 rings (SSSR count). The predicted molar refractivity (Wildman–Crippen MR) is 56.2 cm³/mol. The summed E-state index contributed by atoms with van der Waals surface area (Å²) in [6.07, 6.45) is 0.447. The lowest BCUT2D eigenvalue weighted by Crippen LogP contribution is -2.20. The number of carbonyl (C=O) groups is 1. The molecule has 1 aromatic rings. The fraction of sp³-hybridized carbons (Fsp3) is 0.556. The van der Waals surface area contributed by atoms with E-state index in [0.29, 0.717) is 13.0 Å². The third-order valence-corrected chi connectivity index (χ3v) is 2.57. The molecule has 0 aliphatic rings. The van der Waals surface area contributed by atoms with E-state index in [1.54, 1.807) is 6.92 Å². The van der Waals surface area contributed by atoms with Gasteiger partial charge in [0.05, 0.1) is 6.61 Å². The third kappa shape index (κ3) is 2.90. The molecule has 0 radical (unpaired) electrons. The second-order valence-electron chi connectivity index (χ2n) is 2.84. The maximum atomic E-state index is 11.4. The summed E-state index contributed by atoms with van der Waals surface area (Å²) in [5.74, 6) is -0.492. The fourth-order valence-corrected chi connectivity index (χ4v) is 1.89. The van der Waals surface area contributed by atoms with E-state index in [1.807, 2.05) is 0 Å². The normalized spacial score (nSPS) is 10.3. The topological polar surface area (TPSA) is 68.5 Å². The Balaban J connectivity index is 2.87. The average molecular weight is 231 g/mol. The Labute approximate surface area is 90.9 Å². The third-order valence-electron chi connectivity index (χ3n) is 1.81. The number of carbonyl (C=O) groups excluding carboxylic acids is 1. The van der Waals surface area contributed by atoms with E-state index < -0.39 is 5.97 Å². The van der Waals surface area contributed by atoms with Crippen LogP contribution >= 0.6 is 11.3 Å². The van der Waals surface area contributed by atoms with Crippen LogP contribution in [0.25, 0.3) is 0 Å². The van der Waals surface area contributed by atoms with Crippen molar-refractivity contribution in [2.75, 3.05) is 13.2 Å². The second-order valence-corrected chi connectivity index (χ2v) is 3.66. The number of hydrogen-bond acceptors (Lipinski definition) is 5. The largest absolute Gasteiger partial charge is 0.461 e. The van der Waals surface area contributed by atoms with Gasteiger partial charge in [-0.05, 0) is 13.3 Å². The molecule has 0 saturated heterocycles. The zero-order chi connectivity index (χ0) is 11.3. The van der Waals surface area contributed by atoms with Gasteiger partial charge in [-0.15, -0.1) is 0 Å². The van der Waals surface area contributed by atoms with E-state index >= 15 is 0 Å². The molecule has 1 aromatic heterocycles. The van der Waals surface area contributed by atoms with Gasteiger partial charge in [0.25, 0.3) is 0 Å². The summed E-state index contributed by atoms with van der Waals surface area (Å²) in [6.45, 7) is 2.32. The van der Waals surface area contributed by atoms with Crippen LogP contribution in [0.5, 0.6) is 0 Å². The van der Waals surface area contributed by atoms with Gasteiger partial charge >= 0.3 is 10.8 Å². The molecule has 1 heterocycles. The van der Waals surface area contributed by atoms with Gasteiger partial charge in [0.1, 0.15) is 5.69 Å². The predicted octanol–water partition coefficient (Wildman–Crippen LogP) is 0.469. The molecule has 0 unspecified atom stereocenters. The first-order chi connectivity index (χ1) is 7.20. The Morgan fingerprint density at radius 2 is 2.40 bits per heavy atom. The zero-order valence-corrected chi connectivity index (χ0v) is 9.25. The summed E-state index contributed by atoms with van der Waals surface area (Å²) >= 11 is 0.961. The van der Waals surface area contributed by atoms with Crippen LogP contribution in [0.2, 0.25) is 0 Å². The summed E-state index contributed by atoms with van der Waals surface area (Å²) in [7, 11) is 0. The molecule has 0 aliphatic heterocycles. The molecule has 84 valence electrons. The molecule has 6 heteroatoms. The molecule has 0 spiro atoms. The number of thiazole rings is 1. The van der Waals surface area contributed by atoms with Crippen LogP contribution in [0, 0.1) is 0 Å². The first-order valence-electron chi connectivity index (χ1n) is 4.67. The van der Waals surface area contributed by atoms with Gasteiger partial charge in [0.15, 0.2) is 0 Å². The molecule has 0 fully saturated rings. The Bertz CT molecular complexity index is 382. The van der Waals surface area contributed by atoms with Crippen LogP contribution < -0.4 is 4.87 Å². The quantitative estimate of drug-likeness (QED) is 0.748. The van der Waals surface area contributed by atoms with Gasteiger partial charge < -0.3 is 9.84 Å². The van der Waals surface area contributed by atoms with Gasteiger partial charge in [-0.1, -0.05) is 11.3 Å². The zero-order valence-electron chi connectivity index (χ0n) is 8.43. The van der Waals surface area contributed by atoms with Crippen molar-refractivity contribution >= 4 is 17.3 Å². The van der Waals surface area contributed by atoms with Crippen molar-refractivity contribution in [2.45, 2.75) is 19.9 Å². The number of nitrogens with zero attached hydrogens (tertiary/aromatic N) is 1. The minimum atomic E-state index is -0.492. The van der Waals surface area contributed by atoms with Crippen LogP contribution in [0.4, 0.5) is 0 Å². The number of aliphatic hydroxyl groups is 1. The van der Waals surface area contributed by atoms with Crippen LogP contribution in [0.1, 0.15) is 23.8 Å². The van der Waals surface area contributed by atoms with Crippen molar-refractivity contribution in [3.63, 3.8) is 0 Å². The Morgan fingerprint density at radius 1 is 1.67 bits per heavy atom. The highest BCUT2D eigenvalue weighted by atomic mass is 32.1. The van der Waals surface area contributed by atoms with Crippen molar-refractivity contribution < 1.29 is 14.6 Å². The van der Waals surface area contributed by atoms with Gasteiger partial charge in [0.2, 0.25) is 0 Å². The first kappa shape index (κ1) is 11.9. The molecular weight excluding hydrogens is 218 g/mol. The lowest BCUT2D eigenvalue weighted by atomic mass is 10.4. The van der Waals surface area contributed by atoms with Crippen molar-refractivity contribution in [3.8, 4) is 0 Å². The standard InChI is InChI=1S/C9H13NO4S/c1-2-14-8(12)7-6-15-9(13)10(7)4-3-5-11/h6,11H,2-5H2,1H3. The van der Waals surface area contributed by atoms with E-state index in [0.717, 1.165) is 11.3 Å². The molecule has 0 saturated carbocycles.